The van der Waals surface area contributed by atoms with Gasteiger partial charge < -0.3 is 15.6 Å². The number of benzene rings is 2. The highest BCUT2D eigenvalue weighted by Gasteiger charge is 2.28. The Morgan fingerprint density at radius 3 is 2.16 bits per heavy atom. The lowest BCUT2D eigenvalue weighted by Gasteiger charge is -2.08. The topological polar surface area (TPSA) is 65.6 Å². The lowest BCUT2D eigenvalue weighted by Crippen LogP contribution is -2.16. The van der Waals surface area contributed by atoms with Crippen LogP contribution in [-0.2, 0) is 0 Å². The maximum atomic E-state index is 5.06. The van der Waals surface area contributed by atoms with Gasteiger partial charge in [0.25, 0.3) is 0 Å². The summed E-state index contributed by atoms with van der Waals surface area (Å²) in [6.45, 7) is 2.13. The molecule has 0 bridgehead atoms. The third-order valence-electron chi connectivity index (χ3n) is 6.54. The van der Waals surface area contributed by atoms with E-state index in [4.69, 9.17) is 9.97 Å². The van der Waals surface area contributed by atoms with Gasteiger partial charge in [0.1, 0.15) is 10.8 Å². The molecular formula is C26H27N5S. The van der Waals surface area contributed by atoms with E-state index in [0.29, 0.717) is 12.1 Å². The second-order valence-electron chi connectivity index (χ2n) is 8.66. The third kappa shape index (κ3) is 3.79. The molecule has 0 aliphatic carbocycles. The quantitative estimate of drug-likeness (QED) is 0.371. The van der Waals surface area contributed by atoms with Gasteiger partial charge in [-0.25, -0.2) is 9.97 Å². The van der Waals surface area contributed by atoms with Crippen molar-refractivity contribution in [1.82, 2.24) is 25.6 Å². The Hall–Kier alpha value is -2.80. The molecule has 0 saturated carbocycles. The average molecular weight is 442 g/mol. The minimum absolute atomic E-state index is 0.314. The number of hydrogen-bond donors (Lipinski definition) is 3. The summed E-state index contributed by atoms with van der Waals surface area (Å²) in [5.74, 6) is 1.06. The zero-order valence-corrected chi connectivity index (χ0v) is 18.8. The number of nitrogens with one attached hydrogen (secondary N) is 3. The fourth-order valence-electron chi connectivity index (χ4n) is 4.81. The highest BCUT2D eigenvalue weighted by Crippen LogP contribution is 2.36. The minimum Gasteiger partial charge on any atom is -0.338 e. The van der Waals surface area contributed by atoms with E-state index < -0.39 is 0 Å². The van der Waals surface area contributed by atoms with Crippen LogP contribution in [0.15, 0.2) is 60.0 Å². The summed E-state index contributed by atoms with van der Waals surface area (Å²) < 4.78 is 0. The summed E-state index contributed by atoms with van der Waals surface area (Å²) in [6.07, 6.45) is 4.68. The summed E-state index contributed by atoms with van der Waals surface area (Å²) in [5.41, 5.74) is 6.84. The van der Waals surface area contributed by atoms with Crippen molar-refractivity contribution in [2.75, 3.05) is 13.1 Å². The van der Waals surface area contributed by atoms with Gasteiger partial charge in [0.2, 0.25) is 0 Å². The Kier molecular flexibility index (Phi) is 5.35. The molecule has 0 amide bonds. The Balaban J connectivity index is 1.31. The molecule has 5 nitrogen and oxygen atoms in total. The minimum atomic E-state index is 0.314. The second-order valence-corrected chi connectivity index (χ2v) is 9.52. The molecule has 2 saturated heterocycles. The molecule has 6 heteroatoms. The number of thiazole rings is 1. The van der Waals surface area contributed by atoms with Crippen molar-refractivity contribution in [3.63, 3.8) is 0 Å². The van der Waals surface area contributed by atoms with E-state index in [0.717, 1.165) is 59.4 Å². The van der Waals surface area contributed by atoms with Crippen molar-refractivity contribution in [3.8, 4) is 33.1 Å². The third-order valence-corrected chi connectivity index (χ3v) is 7.40. The van der Waals surface area contributed by atoms with Crippen molar-refractivity contribution in [2.24, 2.45) is 0 Å². The molecule has 4 aromatic rings. The molecule has 0 spiro atoms. The van der Waals surface area contributed by atoms with Crippen LogP contribution < -0.4 is 10.6 Å². The average Bonchev–Trinajstić information content (AvgIpc) is 3.64. The number of H-pyrrole nitrogens is 1. The summed E-state index contributed by atoms with van der Waals surface area (Å²) in [7, 11) is 0. The second kappa shape index (κ2) is 8.62. The van der Waals surface area contributed by atoms with E-state index >= 15 is 0 Å². The molecule has 2 aliphatic rings. The fraction of sp³-hybridized carbons (Fsp3) is 0.308. The smallest absolute Gasteiger partial charge is 0.142 e. The van der Waals surface area contributed by atoms with Gasteiger partial charge in [-0.3, -0.25) is 0 Å². The summed E-state index contributed by atoms with van der Waals surface area (Å²) in [6, 6.07) is 19.8. The number of imidazole rings is 1. The zero-order valence-electron chi connectivity index (χ0n) is 18.0. The lowest BCUT2D eigenvalue weighted by molar-refractivity contribution is 0.597. The van der Waals surface area contributed by atoms with E-state index in [2.05, 4.69) is 69.5 Å². The Bertz CT molecular complexity index is 1180. The highest BCUT2D eigenvalue weighted by atomic mass is 32.1. The Morgan fingerprint density at radius 1 is 0.750 bits per heavy atom. The molecule has 2 aliphatic heterocycles. The molecule has 32 heavy (non-hydrogen) atoms. The number of aromatic nitrogens is 3. The van der Waals surface area contributed by atoms with Crippen LogP contribution in [-0.4, -0.2) is 28.0 Å². The molecule has 2 atom stereocenters. The SMILES string of the molecule is c1ccc(-c2ccc(-c3csc(-c4[nH]c([C@@H]5CCCN5)nc4[C@@H]4CCCN4)n3)cc2)cc1. The molecule has 162 valence electrons. The predicted octanol–water partition coefficient (Wildman–Crippen LogP) is 5.72. The van der Waals surface area contributed by atoms with Gasteiger partial charge in [0.15, 0.2) is 0 Å². The van der Waals surface area contributed by atoms with Crippen LogP contribution in [0.1, 0.15) is 49.3 Å². The Labute approximate surface area is 192 Å². The predicted molar refractivity (Wildman–Crippen MR) is 131 cm³/mol. The van der Waals surface area contributed by atoms with E-state index in [9.17, 15) is 0 Å². The summed E-state index contributed by atoms with van der Waals surface area (Å²) in [5, 5.41) is 10.4. The van der Waals surface area contributed by atoms with Crippen molar-refractivity contribution < 1.29 is 0 Å². The van der Waals surface area contributed by atoms with Crippen LogP contribution in [0.2, 0.25) is 0 Å². The molecule has 6 rings (SSSR count). The molecule has 2 aromatic heterocycles. The van der Waals surface area contributed by atoms with Crippen molar-refractivity contribution in [2.45, 2.75) is 37.8 Å². The van der Waals surface area contributed by atoms with Crippen molar-refractivity contribution >= 4 is 11.3 Å². The molecule has 2 fully saturated rings. The van der Waals surface area contributed by atoms with Crippen LogP contribution in [0.25, 0.3) is 33.1 Å². The van der Waals surface area contributed by atoms with E-state index in [1.54, 1.807) is 11.3 Å². The van der Waals surface area contributed by atoms with Crippen LogP contribution in [0.5, 0.6) is 0 Å². The van der Waals surface area contributed by atoms with Gasteiger partial charge in [-0.05, 0) is 49.9 Å². The maximum Gasteiger partial charge on any atom is 0.142 e. The normalized spacial score (nSPS) is 20.8. The van der Waals surface area contributed by atoms with Gasteiger partial charge in [0.05, 0.1) is 29.2 Å². The fourth-order valence-corrected chi connectivity index (χ4v) is 5.64. The van der Waals surface area contributed by atoms with Gasteiger partial charge in [-0.2, -0.15) is 0 Å². The van der Waals surface area contributed by atoms with Gasteiger partial charge in [0, 0.05) is 10.9 Å². The summed E-state index contributed by atoms with van der Waals surface area (Å²) >= 11 is 1.70. The number of aromatic amines is 1. The van der Waals surface area contributed by atoms with Crippen LogP contribution in [0.4, 0.5) is 0 Å². The van der Waals surface area contributed by atoms with E-state index in [1.807, 2.05) is 6.07 Å². The maximum absolute atomic E-state index is 5.06. The number of nitrogens with zero attached hydrogens (tertiary/aromatic N) is 2. The zero-order chi connectivity index (χ0) is 21.3. The first-order valence-corrected chi connectivity index (χ1v) is 12.4. The van der Waals surface area contributed by atoms with Crippen molar-refractivity contribution in [3.05, 3.63) is 71.5 Å². The van der Waals surface area contributed by atoms with Gasteiger partial charge in [-0.15, -0.1) is 11.3 Å². The van der Waals surface area contributed by atoms with Gasteiger partial charge in [-0.1, -0.05) is 54.6 Å². The molecule has 2 aromatic carbocycles. The molecule has 4 heterocycles. The number of hydrogen-bond acceptors (Lipinski definition) is 5. The Morgan fingerprint density at radius 2 is 1.44 bits per heavy atom. The van der Waals surface area contributed by atoms with Gasteiger partial charge >= 0.3 is 0 Å². The highest BCUT2D eigenvalue weighted by molar-refractivity contribution is 7.13. The first kappa shape index (κ1) is 19.9. The largest absolute Gasteiger partial charge is 0.338 e. The standard InChI is InChI=1S/C26H27N5S/c1-2-6-17(7-3-1)18-10-12-19(13-11-18)22-16-32-26(29-22)24-23(20-8-4-14-27-20)30-25(31-24)21-9-5-15-28-21/h1-3,6-7,10-13,16,20-21,27-28H,4-5,8-9,14-15H2,(H,30,31)/t20-,21-/m0/s1. The molecule has 0 unspecified atom stereocenters. The number of rotatable bonds is 5. The van der Waals surface area contributed by atoms with E-state index in [1.165, 1.54) is 24.0 Å². The van der Waals surface area contributed by atoms with Crippen LogP contribution in [0.3, 0.4) is 0 Å². The molecular weight excluding hydrogens is 414 g/mol. The monoisotopic (exact) mass is 441 g/mol. The van der Waals surface area contributed by atoms with Crippen molar-refractivity contribution in [1.29, 1.82) is 0 Å². The van der Waals surface area contributed by atoms with Crippen LogP contribution >= 0.6 is 11.3 Å². The van der Waals surface area contributed by atoms with E-state index in [-0.39, 0.29) is 0 Å². The molecule has 0 radical (unpaired) electrons. The summed E-state index contributed by atoms with van der Waals surface area (Å²) in [4.78, 5) is 13.7. The van der Waals surface area contributed by atoms with Crippen LogP contribution in [0, 0.1) is 0 Å². The first-order valence-electron chi connectivity index (χ1n) is 11.5. The molecule has 3 N–H and O–H groups in total. The lowest BCUT2D eigenvalue weighted by atomic mass is 10.0. The first-order chi connectivity index (χ1) is 15.8.